The molecule has 0 aliphatic heterocycles. The molecule has 2 rings (SSSR count). The SMILES string of the molecule is NC(=O)OCc1ccccc1.O=C(O)c1ccccc1F. The van der Waals surface area contributed by atoms with E-state index in [2.05, 4.69) is 4.74 Å². The molecule has 0 saturated heterocycles. The van der Waals surface area contributed by atoms with Gasteiger partial charge in [0.1, 0.15) is 12.4 Å². The number of amides is 1. The van der Waals surface area contributed by atoms with Crippen LogP contribution in [0.3, 0.4) is 0 Å². The molecule has 0 atom stereocenters. The summed E-state index contributed by atoms with van der Waals surface area (Å²) in [5.74, 6) is -1.94. The average Bonchev–Trinajstić information content (AvgIpc) is 2.47. The monoisotopic (exact) mass is 291 g/mol. The fraction of sp³-hybridized carbons (Fsp3) is 0.0667. The van der Waals surface area contributed by atoms with Crippen molar-refractivity contribution >= 4 is 12.1 Å². The van der Waals surface area contributed by atoms with E-state index < -0.39 is 17.9 Å². The van der Waals surface area contributed by atoms with Gasteiger partial charge in [-0.25, -0.2) is 14.0 Å². The lowest BCUT2D eigenvalue weighted by Gasteiger charge is -1.99. The molecule has 2 aromatic carbocycles. The van der Waals surface area contributed by atoms with Gasteiger partial charge in [0.05, 0.1) is 5.56 Å². The summed E-state index contributed by atoms with van der Waals surface area (Å²) in [6.07, 6.45) is -0.742. The van der Waals surface area contributed by atoms with E-state index in [-0.39, 0.29) is 12.2 Å². The number of rotatable bonds is 3. The molecule has 1 amide bonds. The molecule has 6 heteroatoms. The first-order valence-electron chi connectivity index (χ1n) is 5.94. The van der Waals surface area contributed by atoms with Gasteiger partial charge in [0.15, 0.2) is 0 Å². The van der Waals surface area contributed by atoms with Crippen LogP contribution in [0.25, 0.3) is 0 Å². The molecule has 0 saturated carbocycles. The van der Waals surface area contributed by atoms with Crippen LogP contribution in [0.15, 0.2) is 54.6 Å². The maximum Gasteiger partial charge on any atom is 0.404 e. The van der Waals surface area contributed by atoms with Gasteiger partial charge in [0.25, 0.3) is 0 Å². The topological polar surface area (TPSA) is 89.6 Å². The van der Waals surface area contributed by atoms with Gasteiger partial charge in [-0.05, 0) is 17.7 Å². The number of hydrogen-bond acceptors (Lipinski definition) is 3. The number of carbonyl (C=O) groups excluding carboxylic acids is 1. The van der Waals surface area contributed by atoms with Crippen LogP contribution in [0.1, 0.15) is 15.9 Å². The number of hydrogen-bond donors (Lipinski definition) is 2. The fourth-order valence-corrected chi connectivity index (χ4v) is 1.36. The Hall–Kier alpha value is -2.89. The highest BCUT2D eigenvalue weighted by atomic mass is 19.1. The molecule has 0 bridgehead atoms. The Morgan fingerprint density at radius 2 is 1.62 bits per heavy atom. The molecular weight excluding hydrogens is 277 g/mol. The van der Waals surface area contributed by atoms with Crippen molar-refractivity contribution in [3.63, 3.8) is 0 Å². The van der Waals surface area contributed by atoms with Gasteiger partial charge in [-0.3, -0.25) is 0 Å². The molecule has 0 aromatic heterocycles. The number of primary amides is 1. The van der Waals surface area contributed by atoms with E-state index in [1.165, 1.54) is 18.2 Å². The van der Waals surface area contributed by atoms with Crippen molar-refractivity contribution in [1.29, 1.82) is 0 Å². The largest absolute Gasteiger partial charge is 0.478 e. The van der Waals surface area contributed by atoms with Crippen LogP contribution in [-0.4, -0.2) is 17.2 Å². The summed E-state index contributed by atoms with van der Waals surface area (Å²) in [4.78, 5) is 20.4. The molecule has 0 heterocycles. The van der Waals surface area contributed by atoms with Gasteiger partial charge in [-0.1, -0.05) is 42.5 Å². The summed E-state index contributed by atoms with van der Waals surface area (Å²) < 4.78 is 17.0. The van der Waals surface area contributed by atoms with Crippen molar-refractivity contribution in [2.75, 3.05) is 0 Å². The van der Waals surface area contributed by atoms with E-state index in [1.54, 1.807) is 0 Å². The van der Waals surface area contributed by atoms with Crippen molar-refractivity contribution in [3.05, 3.63) is 71.5 Å². The average molecular weight is 291 g/mol. The third-order valence-corrected chi connectivity index (χ3v) is 2.33. The minimum Gasteiger partial charge on any atom is -0.478 e. The van der Waals surface area contributed by atoms with Crippen LogP contribution in [0.4, 0.5) is 9.18 Å². The van der Waals surface area contributed by atoms with Gasteiger partial charge in [0, 0.05) is 0 Å². The Balaban J connectivity index is 0.000000211. The third kappa shape index (κ3) is 6.20. The Morgan fingerprint density at radius 3 is 2.10 bits per heavy atom. The lowest BCUT2D eigenvalue weighted by atomic mass is 10.2. The predicted octanol–water partition coefficient (Wildman–Crippen LogP) is 2.81. The minimum atomic E-state index is -1.24. The first-order valence-corrected chi connectivity index (χ1v) is 5.94. The zero-order chi connectivity index (χ0) is 15.7. The molecule has 21 heavy (non-hydrogen) atoms. The van der Waals surface area contributed by atoms with Gasteiger partial charge >= 0.3 is 12.1 Å². The molecule has 5 nitrogen and oxygen atoms in total. The number of carboxylic acid groups (broad SMARTS) is 1. The Morgan fingerprint density at radius 1 is 1.05 bits per heavy atom. The van der Waals surface area contributed by atoms with Crippen LogP contribution in [0.5, 0.6) is 0 Å². The Labute approximate surface area is 120 Å². The third-order valence-electron chi connectivity index (χ3n) is 2.33. The smallest absolute Gasteiger partial charge is 0.404 e. The second-order valence-corrected chi connectivity index (χ2v) is 3.88. The van der Waals surface area contributed by atoms with Crippen molar-refractivity contribution in [2.24, 2.45) is 5.73 Å². The van der Waals surface area contributed by atoms with E-state index in [0.717, 1.165) is 11.6 Å². The Bertz CT molecular complexity index is 602. The van der Waals surface area contributed by atoms with Crippen LogP contribution < -0.4 is 5.73 Å². The zero-order valence-corrected chi connectivity index (χ0v) is 11.0. The van der Waals surface area contributed by atoms with Gasteiger partial charge in [-0.2, -0.15) is 0 Å². The molecular formula is C15H14FNO4. The van der Waals surface area contributed by atoms with Crippen LogP contribution >= 0.6 is 0 Å². The number of carboxylic acids is 1. The summed E-state index contributed by atoms with van der Waals surface area (Å²) in [6.45, 7) is 0.246. The van der Waals surface area contributed by atoms with Crippen molar-refractivity contribution in [2.45, 2.75) is 6.61 Å². The van der Waals surface area contributed by atoms with Gasteiger partial charge < -0.3 is 15.6 Å². The molecule has 110 valence electrons. The van der Waals surface area contributed by atoms with E-state index in [1.807, 2.05) is 30.3 Å². The highest BCUT2D eigenvalue weighted by molar-refractivity contribution is 5.87. The quantitative estimate of drug-likeness (QED) is 0.909. The van der Waals surface area contributed by atoms with E-state index in [4.69, 9.17) is 10.8 Å². The van der Waals surface area contributed by atoms with Crippen molar-refractivity contribution in [1.82, 2.24) is 0 Å². The van der Waals surface area contributed by atoms with Crippen LogP contribution in [0, 0.1) is 5.82 Å². The summed E-state index contributed by atoms with van der Waals surface area (Å²) in [7, 11) is 0. The number of nitrogens with two attached hydrogens (primary N) is 1. The molecule has 0 aliphatic carbocycles. The highest BCUT2D eigenvalue weighted by Gasteiger charge is 2.06. The minimum absolute atomic E-state index is 0.246. The standard InChI is InChI=1S/C8H9NO2.C7H5FO2/c9-8(10)11-6-7-4-2-1-3-5-7;8-6-4-2-1-3-5(6)7(9)10/h1-5H,6H2,(H2,9,10);1-4H,(H,9,10). The molecule has 0 fully saturated rings. The van der Waals surface area contributed by atoms with E-state index >= 15 is 0 Å². The summed E-state index contributed by atoms with van der Waals surface area (Å²) >= 11 is 0. The lowest BCUT2D eigenvalue weighted by molar-refractivity contribution is 0.0692. The van der Waals surface area contributed by atoms with Crippen LogP contribution in [0.2, 0.25) is 0 Å². The number of aromatic carboxylic acids is 1. The first kappa shape index (κ1) is 16.2. The predicted molar refractivity (Wildman–Crippen MR) is 74.2 cm³/mol. The number of ether oxygens (including phenoxy) is 1. The number of carbonyl (C=O) groups is 2. The zero-order valence-electron chi connectivity index (χ0n) is 11.0. The number of halogens is 1. The second kappa shape index (κ2) is 8.31. The molecule has 0 unspecified atom stereocenters. The van der Waals surface area contributed by atoms with Gasteiger partial charge in [0.2, 0.25) is 0 Å². The van der Waals surface area contributed by atoms with E-state index in [9.17, 15) is 14.0 Å². The van der Waals surface area contributed by atoms with Crippen molar-refractivity contribution < 1.29 is 23.8 Å². The number of benzene rings is 2. The summed E-state index contributed by atoms with van der Waals surface area (Å²) in [5, 5.41) is 8.33. The molecule has 3 N–H and O–H groups in total. The summed E-state index contributed by atoms with van der Waals surface area (Å²) in [6, 6.07) is 14.6. The van der Waals surface area contributed by atoms with Crippen LogP contribution in [-0.2, 0) is 11.3 Å². The molecule has 0 radical (unpaired) electrons. The van der Waals surface area contributed by atoms with E-state index in [0.29, 0.717) is 0 Å². The maximum atomic E-state index is 12.5. The summed E-state index contributed by atoms with van der Waals surface area (Å²) in [5.41, 5.74) is 5.43. The molecule has 0 spiro atoms. The fourth-order valence-electron chi connectivity index (χ4n) is 1.36. The lowest BCUT2D eigenvalue weighted by Crippen LogP contribution is -2.12. The maximum absolute atomic E-state index is 12.5. The molecule has 0 aliphatic rings. The van der Waals surface area contributed by atoms with Crippen molar-refractivity contribution in [3.8, 4) is 0 Å². The van der Waals surface area contributed by atoms with Gasteiger partial charge in [-0.15, -0.1) is 0 Å². The second-order valence-electron chi connectivity index (χ2n) is 3.88. The highest BCUT2D eigenvalue weighted by Crippen LogP contribution is 2.04. The normalized spacial score (nSPS) is 9.19. The molecule has 2 aromatic rings. The Kier molecular flexibility index (Phi) is 6.40. The first-order chi connectivity index (χ1) is 10.0.